The Balaban J connectivity index is 0.000000172. The van der Waals surface area contributed by atoms with Crippen molar-refractivity contribution in [3.63, 3.8) is 0 Å². The molecule has 5 rings (SSSR count). The molecule has 1 atom stereocenters. The smallest absolute Gasteiger partial charge is 0.338 e. The number of aldehydes is 1. The number of rotatable bonds is 5. The van der Waals surface area contributed by atoms with Gasteiger partial charge in [-0.15, -0.1) is 11.3 Å². The van der Waals surface area contributed by atoms with E-state index in [1.165, 1.54) is 40.3 Å². The lowest BCUT2D eigenvalue weighted by Gasteiger charge is -2.24. The van der Waals surface area contributed by atoms with E-state index in [4.69, 9.17) is 0 Å². The zero-order chi connectivity index (χ0) is 23.2. The molecule has 2 aliphatic rings. The molecule has 1 fully saturated rings. The van der Waals surface area contributed by atoms with E-state index in [1.54, 1.807) is 7.05 Å². The van der Waals surface area contributed by atoms with E-state index < -0.39 is 5.97 Å². The van der Waals surface area contributed by atoms with Crippen LogP contribution in [0.15, 0.2) is 53.9 Å². The summed E-state index contributed by atoms with van der Waals surface area (Å²) in [5, 5.41) is 15.2. The van der Waals surface area contributed by atoms with E-state index in [0.717, 1.165) is 48.2 Å². The molecular formula is C26H28N2O3S2. The molecular weight excluding hydrogens is 452 g/mol. The van der Waals surface area contributed by atoms with Crippen LogP contribution in [0.4, 0.5) is 10.7 Å². The average molecular weight is 481 g/mol. The molecule has 1 unspecified atom stereocenters. The number of carbonyl (C=O) groups excluding carboxylic acids is 1. The summed E-state index contributed by atoms with van der Waals surface area (Å²) in [5.74, 6) is 0.689. The molecule has 0 bridgehead atoms. The van der Waals surface area contributed by atoms with Crippen molar-refractivity contribution in [3.8, 4) is 0 Å². The summed E-state index contributed by atoms with van der Waals surface area (Å²) in [4.78, 5) is 21.9. The number of anilines is 2. The van der Waals surface area contributed by atoms with E-state index in [1.807, 2.05) is 41.6 Å². The number of carboxylic acids is 1. The molecule has 7 heteroatoms. The van der Waals surface area contributed by atoms with Gasteiger partial charge in [-0.25, -0.2) is 4.79 Å². The van der Waals surface area contributed by atoms with Crippen molar-refractivity contribution in [1.82, 2.24) is 0 Å². The normalized spacial score (nSPS) is 17.0. The van der Waals surface area contributed by atoms with Crippen LogP contribution in [0.25, 0.3) is 0 Å². The summed E-state index contributed by atoms with van der Waals surface area (Å²) in [6.45, 7) is 1.12. The van der Waals surface area contributed by atoms with Gasteiger partial charge >= 0.3 is 5.97 Å². The van der Waals surface area contributed by atoms with E-state index >= 15 is 0 Å². The van der Waals surface area contributed by atoms with Gasteiger partial charge in [0.2, 0.25) is 0 Å². The fourth-order valence-corrected chi connectivity index (χ4v) is 6.41. The maximum absolute atomic E-state index is 11.5. The predicted molar refractivity (Wildman–Crippen MR) is 138 cm³/mol. The number of nitrogens with zero attached hydrogens (tertiary/aromatic N) is 1. The minimum absolute atomic E-state index is 0.314. The Hall–Kier alpha value is -2.77. The fraction of sp³-hybridized carbons (Fsp3) is 0.308. The Morgan fingerprint density at radius 1 is 1.15 bits per heavy atom. The number of carboxylic acid groups (broad SMARTS) is 1. The van der Waals surface area contributed by atoms with Crippen molar-refractivity contribution in [1.29, 1.82) is 0 Å². The van der Waals surface area contributed by atoms with E-state index in [2.05, 4.69) is 33.9 Å². The molecule has 172 valence electrons. The van der Waals surface area contributed by atoms with Crippen LogP contribution in [0, 0.1) is 0 Å². The van der Waals surface area contributed by atoms with Crippen molar-refractivity contribution < 1.29 is 14.7 Å². The van der Waals surface area contributed by atoms with Gasteiger partial charge in [0.25, 0.3) is 0 Å². The zero-order valence-corrected chi connectivity index (χ0v) is 20.3. The summed E-state index contributed by atoms with van der Waals surface area (Å²) < 4.78 is 2.27. The maximum Gasteiger partial charge on any atom is 0.338 e. The number of thiophene rings is 1. The number of fused-ring (bicyclic) bond motifs is 1. The second-order valence-electron chi connectivity index (χ2n) is 8.16. The van der Waals surface area contributed by atoms with Gasteiger partial charge in [-0.05, 0) is 89.9 Å². The first-order valence-electron chi connectivity index (χ1n) is 11.2. The molecule has 0 radical (unpaired) electrons. The number of benzene rings is 2. The van der Waals surface area contributed by atoms with Crippen LogP contribution >= 0.6 is 23.3 Å². The lowest BCUT2D eigenvalue weighted by Crippen LogP contribution is -2.15. The molecule has 2 aromatic carbocycles. The number of aromatic carboxylic acids is 1. The highest BCUT2D eigenvalue weighted by Gasteiger charge is 2.27. The largest absolute Gasteiger partial charge is 0.478 e. The molecule has 1 aliphatic heterocycles. The Kier molecular flexibility index (Phi) is 7.73. The zero-order valence-electron chi connectivity index (χ0n) is 18.6. The summed E-state index contributed by atoms with van der Waals surface area (Å²) in [5.41, 5.74) is 6.16. The second kappa shape index (κ2) is 10.9. The van der Waals surface area contributed by atoms with Crippen LogP contribution in [0.5, 0.6) is 0 Å². The first kappa shape index (κ1) is 23.4. The monoisotopic (exact) mass is 480 g/mol. The van der Waals surface area contributed by atoms with Gasteiger partial charge in [-0.1, -0.05) is 24.3 Å². The number of aryl methyl sites for hydroxylation is 1. The number of hydrogen-bond acceptors (Lipinski definition) is 6. The molecule has 1 saturated heterocycles. The lowest BCUT2D eigenvalue weighted by molar-refractivity contribution is 0.0696. The number of nitrogens with one attached hydrogen (secondary N) is 1. The van der Waals surface area contributed by atoms with Gasteiger partial charge in [-0.2, -0.15) is 0 Å². The third-order valence-corrected chi connectivity index (χ3v) is 8.31. The van der Waals surface area contributed by atoms with E-state index in [9.17, 15) is 14.7 Å². The standard InChI is InChI=1S/C16H17NO2S.C10H11NOS/c1-17-15-14(16(18)19)13(9-20-15)12-7-6-10-4-2-3-5-11(10)8-12;12-8-9-2-4-10(5-3-9)11-6-1-7-13-11/h2-5,9,12,17H,6-8H2,1H3,(H,18,19);2-5,8H,1,6-7H2. The first-order chi connectivity index (χ1) is 16.1. The first-order valence-corrected chi connectivity index (χ1v) is 13.0. The quantitative estimate of drug-likeness (QED) is 0.339. The van der Waals surface area contributed by atoms with Gasteiger partial charge in [0, 0.05) is 30.6 Å². The number of hydrogen-bond donors (Lipinski definition) is 2. The minimum atomic E-state index is -0.829. The third kappa shape index (κ3) is 5.42. The summed E-state index contributed by atoms with van der Waals surface area (Å²) in [6.07, 6.45) is 5.12. The Labute approximate surface area is 203 Å². The predicted octanol–water partition coefficient (Wildman–Crippen LogP) is 6.12. The highest BCUT2D eigenvalue weighted by molar-refractivity contribution is 8.00. The van der Waals surface area contributed by atoms with Crippen LogP contribution in [0.1, 0.15) is 56.2 Å². The van der Waals surface area contributed by atoms with Gasteiger partial charge in [0.05, 0.1) is 5.56 Å². The van der Waals surface area contributed by atoms with Gasteiger partial charge in [-0.3, -0.25) is 4.79 Å². The summed E-state index contributed by atoms with van der Waals surface area (Å²) >= 11 is 3.34. The SMILES string of the molecule is CNc1scc(C2CCc3ccccc3C2)c1C(=O)O.O=Cc1ccc(N2CCCS2)cc1. The van der Waals surface area contributed by atoms with Crippen LogP contribution in [-0.4, -0.2) is 36.7 Å². The fourth-order valence-electron chi connectivity index (χ4n) is 4.41. The average Bonchev–Trinajstić information content (AvgIpc) is 3.54. The molecule has 3 aromatic rings. The molecule has 5 nitrogen and oxygen atoms in total. The Morgan fingerprint density at radius 3 is 2.55 bits per heavy atom. The topological polar surface area (TPSA) is 69.6 Å². The number of carbonyl (C=O) groups is 2. The highest BCUT2D eigenvalue weighted by Crippen LogP contribution is 2.39. The Morgan fingerprint density at radius 2 is 1.91 bits per heavy atom. The van der Waals surface area contributed by atoms with Crippen molar-refractivity contribution in [2.45, 2.75) is 31.6 Å². The summed E-state index contributed by atoms with van der Waals surface area (Å²) in [6, 6.07) is 16.2. The van der Waals surface area contributed by atoms with Crippen LogP contribution in [0.3, 0.4) is 0 Å². The second-order valence-corrected chi connectivity index (χ2v) is 10.1. The van der Waals surface area contributed by atoms with Crippen LogP contribution in [0.2, 0.25) is 0 Å². The van der Waals surface area contributed by atoms with E-state index in [0.29, 0.717) is 11.5 Å². The van der Waals surface area contributed by atoms with Crippen molar-refractivity contribution in [3.05, 3.63) is 81.7 Å². The molecule has 0 saturated carbocycles. The van der Waals surface area contributed by atoms with Gasteiger partial charge < -0.3 is 14.7 Å². The molecule has 0 amide bonds. The molecule has 0 spiro atoms. The molecule has 2 heterocycles. The van der Waals surface area contributed by atoms with Crippen LogP contribution in [-0.2, 0) is 12.8 Å². The molecule has 1 aromatic heterocycles. The van der Waals surface area contributed by atoms with Crippen molar-refractivity contribution in [2.24, 2.45) is 0 Å². The summed E-state index contributed by atoms with van der Waals surface area (Å²) in [7, 11) is 1.78. The Bertz CT molecular complexity index is 1100. The molecule has 33 heavy (non-hydrogen) atoms. The lowest BCUT2D eigenvalue weighted by atomic mass is 9.80. The molecule has 2 N–H and O–H groups in total. The third-order valence-electron chi connectivity index (χ3n) is 6.12. The van der Waals surface area contributed by atoms with Crippen LogP contribution < -0.4 is 9.62 Å². The van der Waals surface area contributed by atoms with Gasteiger partial charge in [0.1, 0.15) is 11.3 Å². The van der Waals surface area contributed by atoms with Gasteiger partial charge in [0.15, 0.2) is 0 Å². The van der Waals surface area contributed by atoms with Crippen molar-refractivity contribution >= 4 is 46.2 Å². The van der Waals surface area contributed by atoms with Crippen molar-refractivity contribution in [2.75, 3.05) is 29.0 Å². The minimum Gasteiger partial charge on any atom is -0.478 e. The molecule has 1 aliphatic carbocycles. The maximum atomic E-state index is 11.5. The highest BCUT2D eigenvalue weighted by atomic mass is 32.2. The van der Waals surface area contributed by atoms with E-state index in [-0.39, 0.29) is 0 Å².